The van der Waals surface area contributed by atoms with E-state index < -0.39 is 6.10 Å². The second-order valence-corrected chi connectivity index (χ2v) is 7.65. The van der Waals surface area contributed by atoms with Crippen LogP contribution in [-0.2, 0) is 16.8 Å². The van der Waals surface area contributed by atoms with E-state index in [1.165, 1.54) is 16.9 Å². The normalized spacial score (nSPS) is 12.7. The Labute approximate surface area is 141 Å². The molecule has 124 valence electrons. The van der Waals surface area contributed by atoms with Gasteiger partial charge < -0.3 is 10.1 Å². The molecular weight excluding hydrogens is 308 g/mol. The summed E-state index contributed by atoms with van der Waals surface area (Å²) in [7, 11) is 0. The average molecular weight is 332 g/mol. The molecule has 1 aromatic heterocycles. The van der Waals surface area contributed by atoms with E-state index in [2.05, 4.69) is 43.2 Å². The largest absolute Gasteiger partial charge is 0.481 e. The Kier molecular flexibility index (Phi) is 5.42. The molecule has 0 bridgehead atoms. The summed E-state index contributed by atoms with van der Waals surface area (Å²) < 4.78 is 5.82. The Balaban J connectivity index is 1.96. The molecule has 2 rings (SSSR count). The molecule has 23 heavy (non-hydrogen) atoms. The Morgan fingerprint density at radius 2 is 2.13 bits per heavy atom. The molecule has 0 radical (unpaired) electrons. The van der Waals surface area contributed by atoms with Crippen LogP contribution < -0.4 is 10.1 Å². The Morgan fingerprint density at radius 1 is 1.39 bits per heavy atom. The van der Waals surface area contributed by atoms with Gasteiger partial charge in [0.25, 0.3) is 5.91 Å². The van der Waals surface area contributed by atoms with Gasteiger partial charge in [-0.1, -0.05) is 32.9 Å². The van der Waals surface area contributed by atoms with Gasteiger partial charge in [0, 0.05) is 11.1 Å². The van der Waals surface area contributed by atoms with Crippen molar-refractivity contribution in [2.24, 2.45) is 0 Å². The van der Waals surface area contributed by atoms with Crippen molar-refractivity contribution in [3.63, 3.8) is 0 Å². The molecule has 0 saturated heterocycles. The highest BCUT2D eigenvalue weighted by atomic mass is 32.1. The van der Waals surface area contributed by atoms with Gasteiger partial charge in [-0.3, -0.25) is 9.78 Å². The van der Waals surface area contributed by atoms with E-state index in [4.69, 9.17) is 4.74 Å². The SMILES string of the molecule is Cc1cc(C(C)(C)C)ccc1OC(C)C(=O)NCc1cncs1. The topological polar surface area (TPSA) is 51.2 Å². The maximum Gasteiger partial charge on any atom is 0.261 e. The molecule has 1 heterocycles. The van der Waals surface area contributed by atoms with E-state index >= 15 is 0 Å². The first-order chi connectivity index (χ1) is 10.8. The second kappa shape index (κ2) is 7.13. The van der Waals surface area contributed by atoms with Crippen molar-refractivity contribution in [3.05, 3.63) is 45.9 Å². The third kappa shape index (κ3) is 4.79. The summed E-state index contributed by atoms with van der Waals surface area (Å²) in [6.07, 6.45) is 1.22. The van der Waals surface area contributed by atoms with Gasteiger partial charge in [-0.05, 0) is 36.5 Å². The quantitative estimate of drug-likeness (QED) is 0.905. The first kappa shape index (κ1) is 17.5. The minimum Gasteiger partial charge on any atom is -0.481 e. The molecule has 0 spiro atoms. The van der Waals surface area contributed by atoms with Crippen LogP contribution in [0.25, 0.3) is 0 Å². The Bertz CT molecular complexity index is 660. The van der Waals surface area contributed by atoms with E-state index in [0.29, 0.717) is 6.54 Å². The third-order valence-corrected chi connectivity index (χ3v) is 4.41. The fourth-order valence-electron chi connectivity index (χ4n) is 2.14. The van der Waals surface area contributed by atoms with Crippen molar-refractivity contribution in [2.45, 2.75) is 52.7 Å². The van der Waals surface area contributed by atoms with Gasteiger partial charge >= 0.3 is 0 Å². The van der Waals surface area contributed by atoms with Crippen LogP contribution in [-0.4, -0.2) is 17.0 Å². The number of rotatable bonds is 5. The minimum absolute atomic E-state index is 0.0982. The fourth-order valence-corrected chi connectivity index (χ4v) is 2.67. The molecule has 1 amide bonds. The summed E-state index contributed by atoms with van der Waals surface area (Å²) in [6.45, 7) is 10.8. The second-order valence-electron chi connectivity index (χ2n) is 6.68. The van der Waals surface area contributed by atoms with Gasteiger partial charge in [0.05, 0.1) is 12.1 Å². The summed E-state index contributed by atoms with van der Waals surface area (Å²) in [5.41, 5.74) is 4.15. The smallest absolute Gasteiger partial charge is 0.261 e. The molecule has 0 aliphatic heterocycles. The lowest BCUT2D eigenvalue weighted by Crippen LogP contribution is -2.35. The molecule has 0 aliphatic rings. The van der Waals surface area contributed by atoms with Crippen molar-refractivity contribution >= 4 is 17.2 Å². The van der Waals surface area contributed by atoms with Gasteiger partial charge in [-0.2, -0.15) is 0 Å². The van der Waals surface area contributed by atoms with Crippen LogP contribution in [0.3, 0.4) is 0 Å². The molecule has 0 fully saturated rings. The highest BCUT2D eigenvalue weighted by Gasteiger charge is 2.18. The lowest BCUT2D eigenvalue weighted by molar-refractivity contribution is -0.127. The van der Waals surface area contributed by atoms with Crippen LogP contribution >= 0.6 is 11.3 Å². The summed E-state index contributed by atoms with van der Waals surface area (Å²) in [5.74, 6) is 0.621. The highest BCUT2D eigenvalue weighted by molar-refractivity contribution is 7.09. The monoisotopic (exact) mass is 332 g/mol. The third-order valence-electron chi connectivity index (χ3n) is 3.63. The molecule has 0 aliphatic carbocycles. The zero-order chi connectivity index (χ0) is 17.0. The average Bonchev–Trinajstić information content (AvgIpc) is 2.99. The van der Waals surface area contributed by atoms with E-state index in [1.807, 2.05) is 13.0 Å². The number of amides is 1. The maximum atomic E-state index is 12.1. The standard InChI is InChI=1S/C18H24N2O2S/c1-12-8-14(18(3,4)5)6-7-16(12)22-13(2)17(21)20-10-15-9-19-11-23-15/h6-9,11,13H,10H2,1-5H3,(H,20,21). The number of aromatic nitrogens is 1. The predicted octanol–water partition coefficient (Wildman–Crippen LogP) is 3.83. The molecule has 1 unspecified atom stereocenters. The number of aryl methyl sites for hydroxylation is 1. The fraction of sp³-hybridized carbons (Fsp3) is 0.444. The molecule has 1 aromatic carbocycles. The summed E-state index contributed by atoms with van der Waals surface area (Å²) in [5, 5.41) is 2.87. The first-order valence-electron chi connectivity index (χ1n) is 7.70. The number of ether oxygens (including phenoxy) is 1. The van der Waals surface area contributed by atoms with Crippen LogP contribution in [0.4, 0.5) is 0 Å². The van der Waals surface area contributed by atoms with Crippen molar-refractivity contribution in [1.82, 2.24) is 10.3 Å². The molecular formula is C18H24N2O2S. The first-order valence-corrected chi connectivity index (χ1v) is 8.58. The number of carbonyl (C=O) groups is 1. The molecule has 1 atom stereocenters. The van der Waals surface area contributed by atoms with E-state index in [9.17, 15) is 4.79 Å². The molecule has 5 heteroatoms. The van der Waals surface area contributed by atoms with Crippen LogP contribution in [0.15, 0.2) is 29.9 Å². The van der Waals surface area contributed by atoms with E-state index in [-0.39, 0.29) is 11.3 Å². The lowest BCUT2D eigenvalue weighted by atomic mass is 9.86. The van der Waals surface area contributed by atoms with Crippen molar-refractivity contribution in [3.8, 4) is 5.75 Å². The van der Waals surface area contributed by atoms with Crippen LogP contribution in [0.2, 0.25) is 0 Å². The Hall–Kier alpha value is -1.88. The summed E-state index contributed by atoms with van der Waals surface area (Å²) in [6, 6.07) is 6.13. The maximum absolute atomic E-state index is 12.1. The van der Waals surface area contributed by atoms with Gasteiger partial charge in [-0.15, -0.1) is 11.3 Å². The molecule has 4 nitrogen and oxygen atoms in total. The minimum atomic E-state index is -0.540. The highest BCUT2D eigenvalue weighted by Crippen LogP contribution is 2.28. The van der Waals surface area contributed by atoms with Gasteiger partial charge in [-0.25, -0.2) is 0 Å². The number of hydrogen-bond donors (Lipinski definition) is 1. The number of benzene rings is 1. The molecule has 0 saturated carbocycles. The number of nitrogens with zero attached hydrogens (tertiary/aromatic N) is 1. The van der Waals surface area contributed by atoms with Crippen molar-refractivity contribution < 1.29 is 9.53 Å². The predicted molar refractivity (Wildman–Crippen MR) is 93.9 cm³/mol. The lowest BCUT2D eigenvalue weighted by Gasteiger charge is -2.21. The molecule has 1 N–H and O–H groups in total. The summed E-state index contributed by atoms with van der Waals surface area (Å²) >= 11 is 1.52. The van der Waals surface area contributed by atoms with Crippen molar-refractivity contribution in [2.75, 3.05) is 0 Å². The number of nitrogens with one attached hydrogen (secondary N) is 1. The van der Waals surface area contributed by atoms with E-state index in [0.717, 1.165) is 16.2 Å². The Morgan fingerprint density at radius 3 is 2.70 bits per heavy atom. The zero-order valence-electron chi connectivity index (χ0n) is 14.3. The number of thiazole rings is 1. The number of hydrogen-bond acceptors (Lipinski definition) is 4. The van der Waals surface area contributed by atoms with Gasteiger partial charge in [0.2, 0.25) is 0 Å². The summed E-state index contributed by atoms with van der Waals surface area (Å²) in [4.78, 5) is 17.1. The van der Waals surface area contributed by atoms with Crippen LogP contribution in [0, 0.1) is 6.92 Å². The van der Waals surface area contributed by atoms with E-state index in [1.54, 1.807) is 18.6 Å². The van der Waals surface area contributed by atoms with Crippen LogP contribution in [0.1, 0.15) is 43.7 Å². The van der Waals surface area contributed by atoms with Crippen molar-refractivity contribution in [1.29, 1.82) is 0 Å². The van der Waals surface area contributed by atoms with Gasteiger partial charge in [0.15, 0.2) is 6.10 Å². The molecule has 2 aromatic rings. The number of carbonyl (C=O) groups excluding carboxylic acids is 1. The zero-order valence-corrected chi connectivity index (χ0v) is 15.2. The van der Waals surface area contributed by atoms with Crippen LogP contribution in [0.5, 0.6) is 5.75 Å². The van der Waals surface area contributed by atoms with Gasteiger partial charge in [0.1, 0.15) is 5.75 Å².